The van der Waals surface area contributed by atoms with Gasteiger partial charge in [0.05, 0.1) is 17.6 Å². The quantitative estimate of drug-likeness (QED) is 0.858. The molecule has 5 nitrogen and oxygen atoms in total. The van der Waals surface area contributed by atoms with E-state index in [2.05, 4.69) is 25.4 Å². The van der Waals surface area contributed by atoms with E-state index in [1.54, 1.807) is 6.07 Å². The van der Waals surface area contributed by atoms with Crippen molar-refractivity contribution in [3.8, 4) is 11.4 Å². The molecule has 19 heavy (non-hydrogen) atoms. The molecule has 1 saturated heterocycles. The molecule has 0 atom stereocenters. The first-order valence-electron chi connectivity index (χ1n) is 6.46. The maximum Gasteiger partial charge on any atom is 0.151 e. The Morgan fingerprint density at radius 1 is 1.21 bits per heavy atom. The van der Waals surface area contributed by atoms with E-state index in [-0.39, 0.29) is 5.82 Å². The number of aromatic nitrogens is 3. The molecule has 6 heteroatoms. The fourth-order valence-corrected chi connectivity index (χ4v) is 2.21. The van der Waals surface area contributed by atoms with Crippen molar-refractivity contribution in [3.05, 3.63) is 30.2 Å². The van der Waals surface area contributed by atoms with Crippen molar-refractivity contribution < 1.29 is 4.39 Å². The lowest BCUT2D eigenvalue weighted by atomic mass is 10.2. The van der Waals surface area contributed by atoms with E-state index < -0.39 is 0 Å². The van der Waals surface area contributed by atoms with Crippen LogP contribution in [0.15, 0.2) is 24.4 Å². The summed E-state index contributed by atoms with van der Waals surface area (Å²) in [6.07, 6.45) is 2.32. The lowest BCUT2D eigenvalue weighted by molar-refractivity contribution is 0.622. The summed E-state index contributed by atoms with van der Waals surface area (Å²) in [5.41, 5.74) is 1.51. The van der Waals surface area contributed by atoms with Gasteiger partial charge in [-0.2, -0.15) is 5.10 Å². The van der Waals surface area contributed by atoms with Gasteiger partial charge in [-0.25, -0.2) is 4.39 Å². The number of aromatic amines is 1. The second kappa shape index (κ2) is 5.36. The van der Waals surface area contributed by atoms with E-state index in [4.69, 9.17) is 0 Å². The van der Waals surface area contributed by atoms with Crippen LogP contribution in [0, 0.1) is 5.82 Å². The van der Waals surface area contributed by atoms with Crippen LogP contribution in [0.4, 0.5) is 10.2 Å². The molecule has 0 aromatic carbocycles. The smallest absolute Gasteiger partial charge is 0.151 e. The van der Waals surface area contributed by atoms with Gasteiger partial charge in [-0.3, -0.25) is 10.1 Å². The monoisotopic (exact) mass is 261 g/mol. The molecule has 0 saturated carbocycles. The van der Waals surface area contributed by atoms with Crippen LogP contribution >= 0.6 is 0 Å². The van der Waals surface area contributed by atoms with Gasteiger partial charge in [0.2, 0.25) is 0 Å². The summed E-state index contributed by atoms with van der Waals surface area (Å²) in [5.74, 6) is 0.590. The molecule has 0 unspecified atom stereocenters. The average Bonchev–Trinajstić information content (AvgIpc) is 2.76. The van der Waals surface area contributed by atoms with E-state index in [1.807, 2.05) is 6.07 Å². The maximum absolute atomic E-state index is 12.8. The molecular weight excluding hydrogens is 245 g/mol. The predicted octanol–water partition coefficient (Wildman–Crippen LogP) is 1.41. The van der Waals surface area contributed by atoms with Crippen molar-refractivity contribution in [2.45, 2.75) is 6.42 Å². The first-order chi connectivity index (χ1) is 9.33. The SMILES string of the molecule is Fc1ccc(-c2cc(N3CCCNCC3)n[nH]2)nc1. The Bertz CT molecular complexity index is 528. The summed E-state index contributed by atoms with van der Waals surface area (Å²) in [6.45, 7) is 3.96. The fourth-order valence-electron chi connectivity index (χ4n) is 2.21. The maximum atomic E-state index is 12.8. The molecule has 0 spiro atoms. The lowest BCUT2D eigenvalue weighted by Gasteiger charge is -2.18. The van der Waals surface area contributed by atoms with Crippen LogP contribution in [-0.4, -0.2) is 41.4 Å². The molecule has 1 aliphatic rings. The molecule has 0 bridgehead atoms. The molecule has 1 fully saturated rings. The number of halogens is 1. The highest BCUT2D eigenvalue weighted by Gasteiger charge is 2.13. The number of rotatable bonds is 2. The highest BCUT2D eigenvalue weighted by molar-refractivity contribution is 5.59. The van der Waals surface area contributed by atoms with Crippen molar-refractivity contribution in [2.75, 3.05) is 31.1 Å². The fraction of sp³-hybridized carbons (Fsp3) is 0.385. The van der Waals surface area contributed by atoms with Gasteiger partial charge in [0.1, 0.15) is 5.82 Å². The van der Waals surface area contributed by atoms with Gasteiger partial charge in [-0.15, -0.1) is 0 Å². The van der Waals surface area contributed by atoms with Crippen LogP contribution in [0.1, 0.15) is 6.42 Å². The Morgan fingerprint density at radius 3 is 3.00 bits per heavy atom. The van der Waals surface area contributed by atoms with Gasteiger partial charge in [0, 0.05) is 25.7 Å². The largest absolute Gasteiger partial charge is 0.354 e. The van der Waals surface area contributed by atoms with Crippen LogP contribution in [0.5, 0.6) is 0 Å². The summed E-state index contributed by atoms with van der Waals surface area (Å²) in [5, 5.41) is 10.6. The third kappa shape index (κ3) is 2.73. The normalized spacial score (nSPS) is 16.4. The predicted molar refractivity (Wildman–Crippen MR) is 71.5 cm³/mol. The summed E-state index contributed by atoms with van der Waals surface area (Å²) in [6, 6.07) is 5.01. The molecule has 100 valence electrons. The molecule has 3 heterocycles. The molecule has 2 aromatic heterocycles. The number of hydrogen-bond acceptors (Lipinski definition) is 4. The van der Waals surface area contributed by atoms with E-state index >= 15 is 0 Å². The van der Waals surface area contributed by atoms with Gasteiger partial charge in [-0.1, -0.05) is 0 Å². The van der Waals surface area contributed by atoms with Crippen molar-refractivity contribution >= 4 is 5.82 Å². The Labute approximate surface area is 110 Å². The molecule has 0 amide bonds. The van der Waals surface area contributed by atoms with E-state index in [0.717, 1.165) is 44.1 Å². The summed E-state index contributed by atoms with van der Waals surface area (Å²) >= 11 is 0. The van der Waals surface area contributed by atoms with Gasteiger partial charge < -0.3 is 10.2 Å². The first kappa shape index (κ1) is 12.1. The molecule has 2 aromatic rings. The first-order valence-corrected chi connectivity index (χ1v) is 6.46. The van der Waals surface area contributed by atoms with Crippen LogP contribution in [0.2, 0.25) is 0 Å². The molecule has 2 N–H and O–H groups in total. The molecule has 3 rings (SSSR count). The van der Waals surface area contributed by atoms with Gasteiger partial charge in [0.15, 0.2) is 5.82 Å². The number of hydrogen-bond donors (Lipinski definition) is 2. The number of pyridine rings is 1. The second-order valence-corrected chi connectivity index (χ2v) is 4.59. The van der Waals surface area contributed by atoms with E-state index in [0.29, 0.717) is 5.69 Å². The Hall–Kier alpha value is -1.95. The minimum atomic E-state index is -0.331. The zero-order chi connectivity index (χ0) is 13.1. The minimum absolute atomic E-state index is 0.331. The average molecular weight is 261 g/mol. The van der Waals surface area contributed by atoms with E-state index in [1.165, 1.54) is 12.3 Å². The van der Waals surface area contributed by atoms with Gasteiger partial charge in [0.25, 0.3) is 0 Å². The van der Waals surface area contributed by atoms with Gasteiger partial charge >= 0.3 is 0 Å². The zero-order valence-electron chi connectivity index (χ0n) is 10.6. The molecule has 0 aliphatic carbocycles. The van der Waals surface area contributed by atoms with Crippen molar-refractivity contribution in [3.63, 3.8) is 0 Å². The standard InChI is InChI=1S/C13H16FN5/c14-10-2-3-11(16-9-10)12-8-13(18-17-12)19-6-1-4-15-5-7-19/h2-3,8-9,15H,1,4-7H2,(H,17,18). The van der Waals surface area contributed by atoms with Crippen molar-refractivity contribution in [1.82, 2.24) is 20.5 Å². The number of H-pyrrole nitrogens is 1. The zero-order valence-corrected chi connectivity index (χ0v) is 10.6. The molecule has 0 radical (unpaired) electrons. The summed E-state index contributed by atoms with van der Waals surface area (Å²) in [4.78, 5) is 6.29. The summed E-state index contributed by atoms with van der Waals surface area (Å²) < 4.78 is 12.8. The summed E-state index contributed by atoms with van der Waals surface area (Å²) in [7, 11) is 0. The van der Waals surface area contributed by atoms with Crippen LogP contribution in [0.25, 0.3) is 11.4 Å². The molecular formula is C13H16FN5. The Balaban J connectivity index is 1.80. The number of nitrogens with one attached hydrogen (secondary N) is 2. The van der Waals surface area contributed by atoms with E-state index in [9.17, 15) is 4.39 Å². The highest BCUT2D eigenvalue weighted by Crippen LogP contribution is 2.20. The number of anilines is 1. The van der Waals surface area contributed by atoms with Gasteiger partial charge in [-0.05, 0) is 25.1 Å². The third-order valence-corrected chi connectivity index (χ3v) is 3.23. The van der Waals surface area contributed by atoms with Crippen LogP contribution < -0.4 is 10.2 Å². The molecule has 1 aliphatic heterocycles. The lowest BCUT2D eigenvalue weighted by Crippen LogP contribution is -2.28. The Kier molecular flexibility index (Phi) is 3.41. The third-order valence-electron chi connectivity index (χ3n) is 3.23. The topological polar surface area (TPSA) is 56.8 Å². The van der Waals surface area contributed by atoms with Crippen LogP contribution in [-0.2, 0) is 0 Å². The highest BCUT2D eigenvalue weighted by atomic mass is 19.1. The van der Waals surface area contributed by atoms with Crippen LogP contribution in [0.3, 0.4) is 0 Å². The minimum Gasteiger partial charge on any atom is -0.354 e. The number of nitrogens with zero attached hydrogens (tertiary/aromatic N) is 3. The van der Waals surface area contributed by atoms with Crippen molar-refractivity contribution in [1.29, 1.82) is 0 Å². The second-order valence-electron chi connectivity index (χ2n) is 4.59. The van der Waals surface area contributed by atoms with Crippen molar-refractivity contribution in [2.24, 2.45) is 0 Å². The Morgan fingerprint density at radius 2 is 2.16 bits per heavy atom.